The predicted octanol–water partition coefficient (Wildman–Crippen LogP) is 2.86. The summed E-state index contributed by atoms with van der Waals surface area (Å²) in [5.41, 5.74) is 0.778. The number of hydrogen-bond acceptors (Lipinski definition) is 2. The third-order valence-electron chi connectivity index (χ3n) is 3.37. The van der Waals surface area contributed by atoms with Crippen molar-refractivity contribution in [3.63, 3.8) is 0 Å². The SMILES string of the molecule is CC(C)CN1CCN(C(=O)c2ccc(Br)cc2)CC1. The third-order valence-corrected chi connectivity index (χ3v) is 3.90. The Morgan fingerprint density at radius 2 is 1.74 bits per heavy atom. The van der Waals surface area contributed by atoms with Gasteiger partial charge in [0.15, 0.2) is 0 Å². The molecule has 0 N–H and O–H groups in total. The topological polar surface area (TPSA) is 23.6 Å². The van der Waals surface area contributed by atoms with Crippen LogP contribution in [0, 0.1) is 5.92 Å². The van der Waals surface area contributed by atoms with Crippen LogP contribution in [0.4, 0.5) is 0 Å². The lowest BCUT2D eigenvalue weighted by Gasteiger charge is -2.35. The molecule has 0 spiro atoms. The lowest BCUT2D eigenvalue weighted by atomic mass is 10.1. The van der Waals surface area contributed by atoms with Gasteiger partial charge in [0.1, 0.15) is 0 Å². The van der Waals surface area contributed by atoms with Crippen LogP contribution in [0.3, 0.4) is 0 Å². The fraction of sp³-hybridized carbons (Fsp3) is 0.533. The Bertz CT molecular complexity index is 422. The van der Waals surface area contributed by atoms with E-state index in [1.54, 1.807) is 0 Å². The molecule has 1 fully saturated rings. The molecule has 1 saturated heterocycles. The van der Waals surface area contributed by atoms with E-state index in [-0.39, 0.29) is 5.91 Å². The van der Waals surface area contributed by atoms with Crippen LogP contribution in [0.5, 0.6) is 0 Å². The molecule has 104 valence electrons. The first-order chi connectivity index (χ1) is 9.06. The van der Waals surface area contributed by atoms with Gasteiger partial charge in [-0.2, -0.15) is 0 Å². The number of hydrogen-bond donors (Lipinski definition) is 0. The highest BCUT2D eigenvalue weighted by atomic mass is 79.9. The molecule has 1 aromatic carbocycles. The molecule has 2 rings (SSSR count). The molecule has 1 amide bonds. The van der Waals surface area contributed by atoms with Crippen LogP contribution in [0.15, 0.2) is 28.7 Å². The molecular formula is C15H21BrN2O. The highest BCUT2D eigenvalue weighted by Crippen LogP contribution is 2.14. The molecule has 0 aromatic heterocycles. The van der Waals surface area contributed by atoms with Crippen molar-refractivity contribution in [1.82, 2.24) is 9.80 Å². The molecule has 1 aliphatic heterocycles. The summed E-state index contributed by atoms with van der Waals surface area (Å²) in [4.78, 5) is 16.7. The van der Waals surface area contributed by atoms with E-state index >= 15 is 0 Å². The van der Waals surface area contributed by atoms with Crippen molar-refractivity contribution in [2.45, 2.75) is 13.8 Å². The number of amides is 1. The van der Waals surface area contributed by atoms with Gasteiger partial charge in [-0.15, -0.1) is 0 Å². The summed E-state index contributed by atoms with van der Waals surface area (Å²) in [6.07, 6.45) is 0. The van der Waals surface area contributed by atoms with Crippen molar-refractivity contribution < 1.29 is 4.79 Å². The van der Waals surface area contributed by atoms with Gasteiger partial charge in [0, 0.05) is 42.8 Å². The minimum Gasteiger partial charge on any atom is -0.336 e. The Balaban J connectivity index is 1.90. The van der Waals surface area contributed by atoms with Crippen LogP contribution in [0.2, 0.25) is 0 Å². The van der Waals surface area contributed by atoms with Gasteiger partial charge in [0.2, 0.25) is 0 Å². The van der Waals surface area contributed by atoms with E-state index in [9.17, 15) is 4.79 Å². The number of piperazine rings is 1. The van der Waals surface area contributed by atoms with E-state index in [0.717, 1.165) is 42.8 Å². The number of nitrogens with zero attached hydrogens (tertiary/aromatic N) is 2. The molecule has 0 bridgehead atoms. The van der Waals surface area contributed by atoms with Crippen molar-refractivity contribution in [3.05, 3.63) is 34.3 Å². The van der Waals surface area contributed by atoms with Gasteiger partial charge in [0.05, 0.1) is 0 Å². The van der Waals surface area contributed by atoms with Crippen LogP contribution in [0.25, 0.3) is 0 Å². The average Bonchev–Trinajstić information content (AvgIpc) is 2.39. The van der Waals surface area contributed by atoms with Gasteiger partial charge >= 0.3 is 0 Å². The highest BCUT2D eigenvalue weighted by Gasteiger charge is 2.22. The Morgan fingerprint density at radius 3 is 2.26 bits per heavy atom. The molecule has 1 aromatic rings. The molecular weight excluding hydrogens is 304 g/mol. The molecule has 0 atom stereocenters. The summed E-state index contributed by atoms with van der Waals surface area (Å²) in [7, 11) is 0. The molecule has 4 heteroatoms. The zero-order valence-corrected chi connectivity index (χ0v) is 13.2. The summed E-state index contributed by atoms with van der Waals surface area (Å²) < 4.78 is 1.01. The maximum atomic E-state index is 12.3. The first kappa shape index (κ1) is 14.5. The molecule has 0 unspecified atom stereocenters. The second-order valence-corrected chi connectivity index (χ2v) is 6.41. The molecule has 0 radical (unpaired) electrons. The Morgan fingerprint density at radius 1 is 1.16 bits per heavy atom. The van der Waals surface area contributed by atoms with Crippen molar-refractivity contribution in [2.75, 3.05) is 32.7 Å². The molecule has 19 heavy (non-hydrogen) atoms. The van der Waals surface area contributed by atoms with E-state index in [4.69, 9.17) is 0 Å². The van der Waals surface area contributed by atoms with Gasteiger partial charge in [-0.3, -0.25) is 9.69 Å². The van der Waals surface area contributed by atoms with Gasteiger partial charge in [0.25, 0.3) is 5.91 Å². The van der Waals surface area contributed by atoms with Crippen LogP contribution >= 0.6 is 15.9 Å². The van der Waals surface area contributed by atoms with Crippen LogP contribution in [0.1, 0.15) is 24.2 Å². The first-order valence-corrected chi connectivity index (χ1v) is 7.63. The van der Waals surface area contributed by atoms with E-state index in [2.05, 4.69) is 34.7 Å². The van der Waals surface area contributed by atoms with Crippen LogP contribution in [-0.2, 0) is 0 Å². The van der Waals surface area contributed by atoms with Gasteiger partial charge in [-0.1, -0.05) is 29.8 Å². The van der Waals surface area contributed by atoms with E-state index in [1.165, 1.54) is 0 Å². The highest BCUT2D eigenvalue weighted by molar-refractivity contribution is 9.10. The molecule has 3 nitrogen and oxygen atoms in total. The van der Waals surface area contributed by atoms with Crippen molar-refractivity contribution in [2.24, 2.45) is 5.92 Å². The molecule has 0 saturated carbocycles. The van der Waals surface area contributed by atoms with E-state index in [0.29, 0.717) is 5.92 Å². The van der Waals surface area contributed by atoms with Crippen LogP contribution < -0.4 is 0 Å². The second-order valence-electron chi connectivity index (χ2n) is 5.49. The summed E-state index contributed by atoms with van der Waals surface area (Å²) in [6, 6.07) is 7.60. The molecule has 1 heterocycles. The fourth-order valence-electron chi connectivity index (χ4n) is 2.42. The van der Waals surface area contributed by atoms with Crippen LogP contribution in [-0.4, -0.2) is 48.4 Å². The van der Waals surface area contributed by atoms with Crippen molar-refractivity contribution in [1.29, 1.82) is 0 Å². The standard InChI is InChI=1S/C15H21BrN2O/c1-12(2)11-17-7-9-18(10-8-17)15(19)13-3-5-14(16)6-4-13/h3-6,12H,7-11H2,1-2H3. The summed E-state index contributed by atoms with van der Waals surface area (Å²) >= 11 is 3.39. The number of halogens is 1. The maximum Gasteiger partial charge on any atom is 0.253 e. The second kappa shape index (κ2) is 6.53. The third kappa shape index (κ3) is 4.05. The van der Waals surface area contributed by atoms with Crippen molar-refractivity contribution in [3.8, 4) is 0 Å². The normalized spacial score (nSPS) is 16.9. The lowest BCUT2D eigenvalue weighted by molar-refractivity contribution is 0.0624. The lowest BCUT2D eigenvalue weighted by Crippen LogP contribution is -2.49. The first-order valence-electron chi connectivity index (χ1n) is 6.83. The van der Waals surface area contributed by atoms with Gasteiger partial charge in [-0.25, -0.2) is 0 Å². The van der Waals surface area contributed by atoms with Gasteiger partial charge in [-0.05, 0) is 30.2 Å². The zero-order chi connectivity index (χ0) is 13.8. The number of carbonyl (C=O) groups is 1. The quantitative estimate of drug-likeness (QED) is 0.853. The Kier molecular flexibility index (Phi) is 4.99. The van der Waals surface area contributed by atoms with E-state index < -0.39 is 0 Å². The largest absolute Gasteiger partial charge is 0.336 e. The predicted molar refractivity (Wildman–Crippen MR) is 81.3 cm³/mol. The van der Waals surface area contributed by atoms with Crippen molar-refractivity contribution >= 4 is 21.8 Å². The van der Waals surface area contributed by atoms with Gasteiger partial charge < -0.3 is 4.90 Å². The minimum absolute atomic E-state index is 0.150. The Labute approximate surface area is 123 Å². The molecule has 0 aliphatic carbocycles. The minimum atomic E-state index is 0.150. The smallest absolute Gasteiger partial charge is 0.253 e. The Hall–Kier alpha value is -0.870. The monoisotopic (exact) mass is 324 g/mol. The zero-order valence-electron chi connectivity index (χ0n) is 11.6. The average molecular weight is 325 g/mol. The molecule has 1 aliphatic rings. The van der Waals surface area contributed by atoms with E-state index in [1.807, 2.05) is 29.2 Å². The summed E-state index contributed by atoms with van der Waals surface area (Å²) in [5, 5.41) is 0. The summed E-state index contributed by atoms with van der Waals surface area (Å²) in [6.45, 7) is 9.24. The number of carbonyl (C=O) groups excluding carboxylic acids is 1. The summed E-state index contributed by atoms with van der Waals surface area (Å²) in [5.74, 6) is 0.838. The maximum absolute atomic E-state index is 12.3. The fourth-order valence-corrected chi connectivity index (χ4v) is 2.69. The number of benzene rings is 1. The number of rotatable bonds is 3.